The zero-order chi connectivity index (χ0) is 13.1. The summed E-state index contributed by atoms with van der Waals surface area (Å²) in [6.07, 6.45) is 2.84. The van der Waals surface area contributed by atoms with Crippen molar-refractivity contribution in [3.8, 4) is 0 Å². The zero-order valence-electron chi connectivity index (χ0n) is 9.83. The van der Waals surface area contributed by atoms with Crippen LogP contribution in [-0.4, -0.2) is 23.2 Å². The molecule has 2 N–H and O–H groups in total. The van der Waals surface area contributed by atoms with Crippen molar-refractivity contribution in [2.75, 3.05) is 0 Å². The molecule has 2 atom stereocenters. The summed E-state index contributed by atoms with van der Waals surface area (Å²) < 4.78 is 14.0. The molecule has 0 aromatic heterocycles. The molecular formula is C13H15BrFNO2. The highest BCUT2D eigenvalue weighted by atomic mass is 79.9. The molecule has 3 nitrogen and oxygen atoms in total. The lowest BCUT2D eigenvalue weighted by atomic mass is 9.92. The highest BCUT2D eigenvalue weighted by molar-refractivity contribution is 9.10. The number of hydrogen-bond acceptors (Lipinski definition) is 2. The minimum Gasteiger partial charge on any atom is -0.391 e. The fourth-order valence-electron chi connectivity index (χ4n) is 2.20. The molecule has 1 aliphatic rings. The second-order valence-electron chi connectivity index (χ2n) is 4.53. The number of benzene rings is 1. The average molecular weight is 316 g/mol. The van der Waals surface area contributed by atoms with Crippen molar-refractivity contribution in [3.63, 3.8) is 0 Å². The summed E-state index contributed by atoms with van der Waals surface area (Å²) in [5.41, 5.74) is 0.00199. The van der Waals surface area contributed by atoms with Gasteiger partial charge in [-0.15, -0.1) is 0 Å². The van der Waals surface area contributed by atoms with Crippen LogP contribution in [0.4, 0.5) is 4.39 Å². The van der Waals surface area contributed by atoms with E-state index in [1.807, 2.05) is 0 Å². The average Bonchev–Trinajstić information content (AvgIpc) is 2.35. The molecule has 1 saturated carbocycles. The number of rotatable bonds is 2. The van der Waals surface area contributed by atoms with E-state index in [1.54, 1.807) is 12.1 Å². The largest absolute Gasteiger partial charge is 0.391 e. The van der Waals surface area contributed by atoms with E-state index in [4.69, 9.17) is 0 Å². The number of carbonyl (C=O) groups is 1. The van der Waals surface area contributed by atoms with Crippen molar-refractivity contribution in [2.45, 2.75) is 37.8 Å². The van der Waals surface area contributed by atoms with Gasteiger partial charge in [0.2, 0.25) is 0 Å². The third-order valence-electron chi connectivity index (χ3n) is 3.24. The molecule has 1 aromatic carbocycles. The first-order valence-corrected chi connectivity index (χ1v) is 6.82. The molecule has 1 aromatic rings. The molecule has 18 heavy (non-hydrogen) atoms. The summed E-state index contributed by atoms with van der Waals surface area (Å²) in [6, 6.07) is 4.32. The van der Waals surface area contributed by atoms with Gasteiger partial charge in [0.1, 0.15) is 5.82 Å². The monoisotopic (exact) mass is 315 g/mol. The Kier molecular flexibility index (Phi) is 4.35. The van der Waals surface area contributed by atoms with Crippen molar-refractivity contribution in [1.29, 1.82) is 0 Å². The molecule has 0 radical (unpaired) electrons. The van der Waals surface area contributed by atoms with Gasteiger partial charge in [-0.25, -0.2) is 4.39 Å². The number of carbonyl (C=O) groups excluding carboxylic acids is 1. The standard InChI is InChI=1S/C13H15BrFNO2/c14-9-5-3-4-8(12(9)15)13(18)16-10-6-1-2-7-11(10)17/h3-5,10-11,17H,1-2,6-7H2,(H,16,18). The molecule has 1 amide bonds. The predicted molar refractivity (Wildman–Crippen MR) is 69.8 cm³/mol. The Morgan fingerprint density at radius 3 is 2.83 bits per heavy atom. The van der Waals surface area contributed by atoms with Crippen LogP contribution in [0.2, 0.25) is 0 Å². The molecule has 0 spiro atoms. The van der Waals surface area contributed by atoms with Crippen molar-refractivity contribution >= 4 is 21.8 Å². The maximum absolute atomic E-state index is 13.7. The van der Waals surface area contributed by atoms with Crippen LogP contribution in [0.1, 0.15) is 36.0 Å². The lowest BCUT2D eigenvalue weighted by Gasteiger charge is -2.28. The van der Waals surface area contributed by atoms with Crippen LogP contribution in [-0.2, 0) is 0 Å². The summed E-state index contributed by atoms with van der Waals surface area (Å²) in [5, 5.41) is 12.5. The van der Waals surface area contributed by atoms with E-state index < -0.39 is 17.8 Å². The quantitative estimate of drug-likeness (QED) is 0.881. The second kappa shape index (κ2) is 5.80. The van der Waals surface area contributed by atoms with Gasteiger partial charge in [0.15, 0.2) is 0 Å². The molecule has 0 bridgehead atoms. The number of aliphatic hydroxyl groups is 1. The van der Waals surface area contributed by atoms with E-state index in [1.165, 1.54) is 6.07 Å². The first-order chi connectivity index (χ1) is 8.59. The van der Waals surface area contributed by atoms with E-state index in [2.05, 4.69) is 21.2 Å². The van der Waals surface area contributed by atoms with Crippen LogP contribution in [0.5, 0.6) is 0 Å². The van der Waals surface area contributed by atoms with Crippen molar-refractivity contribution < 1.29 is 14.3 Å². The van der Waals surface area contributed by atoms with Crippen LogP contribution in [0.3, 0.4) is 0 Å². The van der Waals surface area contributed by atoms with Crippen molar-refractivity contribution in [1.82, 2.24) is 5.32 Å². The molecule has 0 aliphatic heterocycles. The first kappa shape index (κ1) is 13.5. The molecule has 0 saturated heterocycles. The van der Waals surface area contributed by atoms with E-state index in [9.17, 15) is 14.3 Å². The smallest absolute Gasteiger partial charge is 0.254 e. The summed E-state index contributed by atoms with van der Waals surface area (Å²) >= 11 is 3.05. The lowest BCUT2D eigenvalue weighted by Crippen LogP contribution is -2.45. The predicted octanol–water partition coefficient (Wildman–Crippen LogP) is 2.62. The normalized spacial score (nSPS) is 23.7. The lowest BCUT2D eigenvalue weighted by molar-refractivity contribution is 0.0714. The molecule has 0 heterocycles. The van der Waals surface area contributed by atoms with E-state index in [0.717, 1.165) is 19.3 Å². The SMILES string of the molecule is O=C(NC1CCCCC1O)c1cccc(Br)c1F. The van der Waals surface area contributed by atoms with Gasteiger partial charge >= 0.3 is 0 Å². The molecule has 2 rings (SSSR count). The Hall–Kier alpha value is -0.940. The minimum absolute atomic E-state index is 0.00199. The Bertz CT molecular complexity index is 453. The van der Waals surface area contributed by atoms with Crippen LogP contribution >= 0.6 is 15.9 Å². The third-order valence-corrected chi connectivity index (χ3v) is 3.85. The van der Waals surface area contributed by atoms with Crippen LogP contribution in [0.15, 0.2) is 22.7 Å². The van der Waals surface area contributed by atoms with Crippen molar-refractivity contribution in [2.24, 2.45) is 0 Å². The minimum atomic E-state index is -0.569. The highest BCUT2D eigenvalue weighted by Gasteiger charge is 2.25. The fraction of sp³-hybridized carbons (Fsp3) is 0.462. The maximum Gasteiger partial charge on any atom is 0.254 e. The number of halogens is 2. The van der Waals surface area contributed by atoms with Gasteiger partial charge in [0, 0.05) is 0 Å². The van der Waals surface area contributed by atoms with Crippen LogP contribution < -0.4 is 5.32 Å². The van der Waals surface area contributed by atoms with Crippen molar-refractivity contribution in [3.05, 3.63) is 34.1 Å². The first-order valence-electron chi connectivity index (χ1n) is 6.02. The molecule has 1 aliphatic carbocycles. The van der Waals surface area contributed by atoms with Gasteiger partial charge < -0.3 is 10.4 Å². The van der Waals surface area contributed by atoms with Crippen LogP contribution in [0.25, 0.3) is 0 Å². The summed E-state index contributed by atoms with van der Waals surface area (Å²) in [6.45, 7) is 0. The third kappa shape index (κ3) is 2.90. The molecule has 98 valence electrons. The number of aliphatic hydroxyl groups excluding tert-OH is 1. The number of hydrogen-bond donors (Lipinski definition) is 2. The topological polar surface area (TPSA) is 49.3 Å². The van der Waals surface area contributed by atoms with Crippen LogP contribution in [0, 0.1) is 5.82 Å². The molecular weight excluding hydrogens is 301 g/mol. The molecule has 5 heteroatoms. The second-order valence-corrected chi connectivity index (χ2v) is 5.39. The number of nitrogens with one attached hydrogen (secondary N) is 1. The molecule has 2 unspecified atom stereocenters. The Labute approximate surface area is 114 Å². The van der Waals surface area contributed by atoms with E-state index in [-0.39, 0.29) is 16.1 Å². The van der Waals surface area contributed by atoms with E-state index >= 15 is 0 Å². The zero-order valence-corrected chi connectivity index (χ0v) is 11.4. The van der Waals surface area contributed by atoms with Gasteiger partial charge in [-0.05, 0) is 40.9 Å². The Morgan fingerprint density at radius 2 is 2.11 bits per heavy atom. The van der Waals surface area contributed by atoms with Gasteiger partial charge in [-0.2, -0.15) is 0 Å². The van der Waals surface area contributed by atoms with Gasteiger partial charge in [-0.3, -0.25) is 4.79 Å². The van der Waals surface area contributed by atoms with Gasteiger partial charge in [-0.1, -0.05) is 18.9 Å². The Balaban J connectivity index is 2.09. The van der Waals surface area contributed by atoms with Gasteiger partial charge in [0.05, 0.1) is 22.2 Å². The fourth-order valence-corrected chi connectivity index (χ4v) is 2.57. The summed E-state index contributed by atoms with van der Waals surface area (Å²) in [7, 11) is 0. The maximum atomic E-state index is 13.7. The highest BCUT2D eigenvalue weighted by Crippen LogP contribution is 2.21. The summed E-state index contributed by atoms with van der Waals surface area (Å²) in [5.74, 6) is -1.04. The van der Waals surface area contributed by atoms with E-state index in [0.29, 0.717) is 6.42 Å². The summed E-state index contributed by atoms with van der Waals surface area (Å²) in [4.78, 5) is 11.9. The number of amides is 1. The Morgan fingerprint density at radius 1 is 1.39 bits per heavy atom. The molecule has 1 fully saturated rings. The van der Waals surface area contributed by atoms with Gasteiger partial charge in [0.25, 0.3) is 5.91 Å².